The van der Waals surface area contributed by atoms with Gasteiger partial charge in [0, 0.05) is 12.6 Å². The monoisotopic (exact) mass is 223 g/mol. The minimum atomic E-state index is -0.702. The first-order valence-electron chi connectivity index (χ1n) is 5.64. The number of ether oxygens (including phenoxy) is 1. The number of aliphatic hydroxyl groups is 1. The van der Waals surface area contributed by atoms with Crippen LogP contribution in [0.15, 0.2) is 30.3 Å². The molecule has 0 aliphatic carbocycles. The fourth-order valence-electron chi connectivity index (χ4n) is 1.21. The molecule has 0 aliphatic heterocycles. The Hall–Kier alpha value is -1.06. The van der Waals surface area contributed by atoms with Crippen molar-refractivity contribution in [2.75, 3.05) is 13.2 Å². The molecular weight excluding hydrogens is 202 g/mol. The van der Waals surface area contributed by atoms with Crippen LogP contribution in [0, 0.1) is 0 Å². The standard InChI is InChI=1S/C13H21NO2/c1-11(13(2,3)15)14-9-10-16-12-7-5-4-6-8-12/h4-8,11,14-15H,9-10H2,1-3H3. The Morgan fingerprint density at radius 3 is 2.50 bits per heavy atom. The number of hydrogen-bond donors (Lipinski definition) is 2. The Balaban J connectivity index is 2.18. The second-order valence-corrected chi connectivity index (χ2v) is 4.49. The molecule has 1 rings (SSSR count). The molecule has 0 saturated carbocycles. The second-order valence-electron chi connectivity index (χ2n) is 4.49. The van der Waals surface area contributed by atoms with Gasteiger partial charge in [0.2, 0.25) is 0 Å². The quantitative estimate of drug-likeness (QED) is 0.723. The number of rotatable bonds is 6. The lowest BCUT2D eigenvalue weighted by molar-refractivity contribution is 0.0432. The normalized spacial score (nSPS) is 13.5. The Labute approximate surface area is 97.4 Å². The van der Waals surface area contributed by atoms with Crippen LogP contribution >= 0.6 is 0 Å². The molecule has 0 saturated heterocycles. The van der Waals surface area contributed by atoms with E-state index < -0.39 is 5.60 Å². The van der Waals surface area contributed by atoms with Crippen LogP contribution in [0.2, 0.25) is 0 Å². The fraction of sp³-hybridized carbons (Fsp3) is 0.538. The number of hydrogen-bond acceptors (Lipinski definition) is 3. The molecule has 1 unspecified atom stereocenters. The molecule has 3 heteroatoms. The Kier molecular flexibility index (Phi) is 4.77. The van der Waals surface area contributed by atoms with Crippen LogP contribution in [0.3, 0.4) is 0 Å². The van der Waals surface area contributed by atoms with E-state index in [2.05, 4.69) is 5.32 Å². The van der Waals surface area contributed by atoms with E-state index in [1.807, 2.05) is 37.3 Å². The molecule has 1 atom stereocenters. The molecule has 0 heterocycles. The molecule has 16 heavy (non-hydrogen) atoms. The SMILES string of the molecule is CC(NCCOc1ccccc1)C(C)(C)O. The van der Waals surface area contributed by atoms with Gasteiger partial charge in [-0.3, -0.25) is 0 Å². The summed E-state index contributed by atoms with van der Waals surface area (Å²) in [5.74, 6) is 0.875. The molecule has 1 aromatic rings. The third-order valence-corrected chi connectivity index (χ3v) is 2.62. The van der Waals surface area contributed by atoms with Crippen LogP contribution < -0.4 is 10.1 Å². The predicted octanol–water partition coefficient (Wildman–Crippen LogP) is 1.81. The third-order valence-electron chi connectivity index (χ3n) is 2.62. The minimum absolute atomic E-state index is 0.0480. The molecule has 90 valence electrons. The maximum atomic E-state index is 9.70. The number of benzene rings is 1. The highest BCUT2D eigenvalue weighted by molar-refractivity contribution is 5.20. The van der Waals surface area contributed by atoms with Crippen molar-refractivity contribution in [2.24, 2.45) is 0 Å². The van der Waals surface area contributed by atoms with Gasteiger partial charge in [0.05, 0.1) is 5.60 Å². The van der Waals surface area contributed by atoms with Gasteiger partial charge in [-0.25, -0.2) is 0 Å². The molecule has 0 bridgehead atoms. The number of para-hydroxylation sites is 1. The molecule has 0 spiro atoms. The van der Waals surface area contributed by atoms with E-state index >= 15 is 0 Å². The predicted molar refractivity (Wildman–Crippen MR) is 65.7 cm³/mol. The first kappa shape index (κ1) is 13.0. The summed E-state index contributed by atoms with van der Waals surface area (Å²) in [5.41, 5.74) is -0.702. The zero-order chi connectivity index (χ0) is 12.0. The first-order chi connectivity index (χ1) is 7.50. The van der Waals surface area contributed by atoms with Crippen molar-refractivity contribution in [1.82, 2.24) is 5.32 Å². The van der Waals surface area contributed by atoms with Crippen LogP contribution in [0.5, 0.6) is 5.75 Å². The number of nitrogens with one attached hydrogen (secondary N) is 1. The highest BCUT2D eigenvalue weighted by atomic mass is 16.5. The molecule has 0 amide bonds. The van der Waals surface area contributed by atoms with Crippen molar-refractivity contribution in [1.29, 1.82) is 0 Å². The summed E-state index contributed by atoms with van der Waals surface area (Å²) >= 11 is 0. The molecule has 0 radical (unpaired) electrons. The van der Waals surface area contributed by atoms with E-state index in [0.29, 0.717) is 6.61 Å². The first-order valence-corrected chi connectivity index (χ1v) is 5.64. The average Bonchev–Trinajstić information content (AvgIpc) is 2.24. The van der Waals surface area contributed by atoms with E-state index in [-0.39, 0.29) is 6.04 Å². The van der Waals surface area contributed by atoms with Gasteiger partial charge in [-0.2, -0.15) is 0 Å². The summed E-state index contributed by atoms with van der Waals surface area (Å²) in [7, 11) is 0. The van der Waals surface area contributed by atoms with Gasteiger partial charge in [0.25, 0.3) is 0 Å². The van der Waals surface area contributed by atoms with Crippen LogP contribution in [-0.2, 0) is 0 Å². The largest absolute Gasteiger partial charge is 0.492 e. The summed E-state index contributed by atoms with van der Waals surface area (Å²) in [5, 5.41) is 12.9. The van der Waals surface area contributed by atoms with Gasteiger partial charge in [-0.15, -0.1) is 0 Å². The topological polar surface area (TPSA) is 41.5 Å². The smallest absolute Gasteiger partial charge is 0.119 e. The lowest BCUT2D eigenvalue weighted by Gasteiger charge is -2.26. The minimum Gasteiger partial charge on any atom is -0.492 e. The van der Waals surface area contributed by atoms with Gasteiger partial charge < -0.3 is 15.2 Å². The van der Waals surface area contributed by atoms with Crippen LogP contribution in [0.4, 0.5) is 0 Å². The van der Waals surface area contributed by atoms with Gasteiger partial charge >= 0.3 is 0 Å². The summed E-state index contributed by atoms with van der Waals surface area (Å²) in [6.45, 7) is 6.87. The zero-order valence-electron chi connectivity index (χ0n) is 10.2. The molecule has 2 N–H and O–H groups in total. The Bertz CT molecular complexity index is 293. The Morgan fingerprint density at radius 1 is 1.31 bits per heavy atom. The summed E-state index contributed by atoms with van der Waals surface area (Å²) in [4.78, 5) is 0. The van der Waals surface area contributed by atoms with Gasteiger partial charge in [-0.1, -0.05) is 18.2 Å². The molecule has 0 fully saturated rings. The summed E-state index contributed by atoms with van der Waals surface area (Å²) in [6.07, 6.45) is 0. The van der Waals surface area contributed by atoms with Crippen molar-refractivity contribution >= 4 is 0 Å². The summed E-state index contributed by atoms with van der Waals surface area (Å²) in [6, 6.07) is 9.76. The highest BCUT2D eigenvalue weighted by Gasteiger charge is 2.20. The van der Waals surface area contributed by atoms with Crippen molar-refractivity contribution in [2.45, 2.75) is 32.4 Å². The summed E-state index contributed by atoms with van der Waals surface area (Å²) < 4.78 is 5.52. The van der Waals surface area contributed by atoms with E-state index in [1.54, 1.807) is 13.8 Å². The van der Waals surface area contributed by atoms with E-state index in [4.69, 9.17) is 4.74 Å². The van der Waals surface area contributed by atoms with Crippen molar-refractivity contribution in [3.8, 4) is 5.75 Å². The van der Waals surface area contributed by atoms with E-state index in [0.717, 1.165) is 12.3 Å². The van der Waals surface area contributed by atoms with Crippen LogP contribution in [0.25, 0.3) is 0 Å². The van der Waals surface area contributed by atoms with E-state index in [9.17, 15) is 5.11 Å². The van der Waals surface area contributed by atoms with Crippen LogP contribution in [-0.4, -0.2) is 29.9 Å². The molecule has 3 nitrogen and oxygen atoms in total. The molecular formula is C13H21NO2. The molecule has 0 aromatic heterocycles. The Morgan fingerprint density at radius 2 is 1.94 bits per heavy atom. The maximum Gasteiger partial charge on any atom is 0.119 e. The third kappa shape index (κ3) is 4.64. The van der Waals surface area contributed by atoms with Crippen molar-refractivity contribution in [3.05, 3.63) is 30.3 Å². The van der Waals surface area contributed by atoms with Gasteiger partial charge in [-0.05, 0) is 32.9 Å². The van der Waals surface area contributed by atoms with Crippen molar-refractivity contribution < 1.29 is 9.84 Å². The lowest BCUT2D eigenvalue weighted by atomic mass is 10.0. The molecule has 0 aliphatic rings. The van der Waals surface area contributed by atoms with Crippen molar-refractivity contribution in [3.63, 3.8) is 0 Å². The van der Waals surface area contributed by atoms with E-state index in [1.165, 1.54) is 0 Å². The zero-order valence-corrected chi connectivity index (χ0v) is 10.2. The highest BCUT2D eigenvalue weighted by Crippen LogP contribution is 2.08. The fourth-order valence-corrected chi connectivity index (χ4v) is 1.21. The maximum absolute atomic E-state index is 9.70. The van der Waals surface area contributed by atoms with Crippen LogP contribution in [0.1, 0.15) is 20.8 Å². The van der Waals surface area contributed by atoms with Gasteiger partial charge in [0.1, 0.15) is 12.4 Å². The second kappa shape index (κ2) is 5.87. The molecule has 1 aromatic carbocycles. The van der Waals surface area contributed by atoms with Gasteiger partial charge in [0.15, 0.2) is 0 Å². The lowest BCUT2D eigenvalue weighted by Crippen LogP contribution is -2.45. The average molecular weight is 223 g/mol.